The highest BCUT2D eigenvalue weighted by atomic mass is 32.1. The summed E-state index contributed by atoms with van der Waals surface area (Å²) in [5.74, 6) is 0. The molecule has 0 aliphatic heterocycles. The molecule has 0 fully saturated rings. The first kappa shape index (κ1) is 40.3. The predicted octanol–water partition coefficient (Wildman–Crippen LogP) is 18.8. The molecule has 0 unspecified atom stereocenters. The summed E-state index contributed by atoms with van der Waals surface area (Å²) in [6.07, 6.45) is 0. The van der Waals surface area contributed by atoms with Gasteiger partial charge in [-0.05, 0) is 146 Å². The van der Waals surface area contributed by atoms with Gasteiger partial charge in [-0.15, -0.1) is 11.3 Å². The highest BCUT2D eigenvalue weighted by molar-refractivity contribution is 7.25. The van der Waals surface area contributed by atoms with E-state index in [4.69, 9.17) is 4.42 Å². The van der Waals surface area contributed by atoms with Crippen LogP contribution in [0.25, 0.3) is 86.6 Å². The summed E-state index contributed by atoms with van der Waals surface area (Å²) >= 11 is 1.86. The third kappa shape index (κ3) is 6.40. The van der Waals surface area contributed by atoms with Crippen LogP contribution in [0.3, 0.4) is 0 Å². The predicted molar refractivity (Wildman–Crippen MR) is 295 cm³/mol. The zero-order valence-corrected chi connectivity index (χ0v) is 38.9. The third-order valence-electron chi connectivity index (χ3n) is 14.6. The van der Waals surface area contributed by atoms with E-state index in [1.807, 2.05) is 23.5 Å². The average molecular weight is 910 g/mol. The van der Waals surface area contributed by atoms with Gasteiger partial charge in [0.25, 0.3) is 0 Å². The molecule has 1 aliphatic rings. The Morgan fingerprint density at radius 1 is 0.300 bits per heavy atom. The fraction of sp³-hybridized carbons (Fsp3) is 0.0149. The Labute approximate surface area is 410 Å². The lowest BCUT2D eigenvalue weighted by atomic mass is 9.68. The van der Waals surface area contributed by atoms with Crippen LogP contribution in [-0.2, 0) is 5.41 Å². The minimum Gasteiger partial charge on any atom is -0.456 e. The summed E-state index contributed by atoms with van der Waals surface area (Å²) < 4.78 is 8.80. The highest BCUT2D eigenvalue weighted by Gasteiger charge is 2.46. The van der Waals surface area contributed by atoms with Crippen molar-refractivity contribution in [1.82, 2.24) is 0 Å². The van der Waals surface area contributed by atoms with E-state index in [-0.39, 0.29) is 0 Å². The largest absolute Gasteiger partial charge is 0.456 e. The second kappa shape index (κ2) is 16.2. The third-order valence-corrected chi connectivity index (χ3v) is 15.7. The molecule has 2 heterocycles. The molecule has 70 heavy (non-hydrogen) atoms. The maximum atomic E-state index is 6.16. The van der Waals surface area contributed by atoms with Crippen LogP contribution < -0.4 is 4.90 Å². The lowest BCUT2D eigenvalue weighted by Crippen LogP contribution is -2.28. The number of nitrogens with zero attached hydrogens (tertiary/aromatic N) is 1. The van der Waals surface area contributed by atoms with E-state index in [1.165, 1.54) is 75.8 Å². The van der Waals surface area contributed by atoms with Crippen molar-refractivity contribution in [2.75, 3.05) is 4.90 Å². The molecule has 13 aromatic rings. The number of anilines is 3. The molecular formula is C67H43NOS. The number of para-hydroxylation sites is 1. The molecule has 11 aromatic carbocycles. The van der Waals surface area contributed by atoms with Crippen molar-refractivity contribution >= 4 is 70.5 Å². The van der Waals surface area contributed by atoms with Crippen molar-refractivity contribution in [3.63, 3.8) is 0 Å². The van der Waals surface area contributed by atoms with E-state index in [0.717, 1.165) is 50.1 Å². The summed E-state index contributed by atoms with van der Waals surface area (Å²) in [4.78, 5) is 2.41. The van der Waals surface area contributed by atoms with Crippen molar-refractivity contribution in [1.29, 1.82) is 0 Å². The first-order valence-electron chi connectivity index (χ1n) is 24.0. The fourth-order valence-electron chi connectivity index (χ4n) is 11.3. The molecule has 0 saturated carbocycles. The van der Waals surface area contributed by atoms with Crippen molar-refractivity contribution < 1.29 is 4.42 Å². The summed E-state index contributed by atoms with van der Waals surface area (Å²) in [5, 5.41) is 4.89. The lowest BCUT2D eigenvalue weighted by Gasteiger charge is -2.34. The molecule has 0 saturated heterocycles. The average Bonchev–Trinajstić information content (AvgIpc) is 4.10. The van der Waals surface area contributed by atoms with Gasteiger partial charge in [-0.25, -0.2) is 0 Å². The van der Waals surface area contributed by atoms with Crippen LogP contribution in [0.5, 0.6) is 0 Å². The van der Waals surface area contributed by atoms with Gasteiger partial charge in [0.15, 0.2) is 0 Å². The van der Waals surface area contributed by atoms with E-state index in [0.29, 0.717) is 0 Å². The zero-order valence-electron chi connectivity index (χ0n) is 38.1. The van der Waals surface area contributed by atoms with E-state index in [9.17, 15) is 0 Å². The van der Waals surface area contributed by atoms with E-state index in [1.54, 1.807) is 0 Å². The highest BCUT2D eigenvalue weighted by Crippen LogP contribution is 2.57. The van der Waals surface area contributed by atoms with Crippen LogP contribution in [0.15, 0.2) is 265 Å². The van der Waals surface area contributed by atoms with Gasteiger partial charge in [0.1, 0.15) is 11.2 Å². The standard InChI is InChI=1S/C67H43NOS/c1-3-16-50(17-4-1)67(51-18-5-2-6-19-51)61-23-10-7-20-55(61)58-43-54(36-37-62(58)67)68(53-34-28-45(29-35-53)48-31-39-66-60(42-48)57-22-9-12-25-65(57)70-66)52-32-26-44(27-33-52)46-14-13-15-47(40-46)49-30-38-64-59(41-49)56-21-8-11-24-63(56)69-64/h1-43H. The van der Waals surface area contributed by atoms with Gasteiger partial charge in [-0.3, -0.25) is 0 Å². The van der Waals surface area contributed by atoms with Crippen molar-refractivity contribution in [3.05, 3.63) is 283 Å². The van der Waals surface area contributed by atoms with Crippen molar-refractivity contribution in [2.45, 2.75) is 5.41 Å². The van der Waals surface area contributed by atoms with Crippen LogP contribution in [0.1, 0.15) is 22.3 Å². The van der Waals surface area contributed by atoms with Gasteiger partial charge in [0.05, 0.1) is 5.41 Å². The maximum Gasteiger partial charge on any atom is 0.135 e. The van der Waals surface area contributed by atoms with Crippen LogP contribution in [0.4, 0.5) is 17.1 Å². The Bertz CT molecular complexity index is 4070. The second-order valence-electron chi connectivity index (χ2n) is 18.4. The Morgan fingerprint density at radius 2 is 0.814 bits per heavy atom. The summed E-state index contributed by atoms with van der Waals surface area (Å²) in [6, 6.07) is 95.7. The Morgan fingerprint density at radius 3 is 1.56 bits per heavy atom. The fourth-order valence-corrected chi connectivity index (χ4v) is 12.4. The first-order chi connectivity index (χ1) is 34.7. The van der Waals surface area contributed by atoms with Crippen LogP contribution in [-0.4, -0.2) is 0 Å². The van der Waals surface area contributed by atoms with Gasteiger partial charge < -0.3 is 9.32 Å². The van der Waals surface area contributed by atoms with Gasteiger partial charge in [0.2, 0.25) is 0 Å². The molecule has 0 bridgehead atoms. The van der Waals surface area contributed by atoms with E-state index < -0.39 is 5.41 Å². The van der Waals surface area contributed by atoms with Crippen LogP contribution >= 0.6 is 11.3 Å². The molecular weight excluding hydrogens is 867 g/mol. The van der Waals surface area contributed by atoms with E-state index in [2.05, 4.69) is 254 Å². The van der Waals surface area contributed by atoms with Gasteiger partial charge in [0, 0.05) is 48.0 Å². The van der Waals surface area contributed by atoms with Crippen molar-refractivity contribution in [3.8, 4) is 44.5 Å². The Balaban J connectivity index is 0.886. The molecule has 328 valence electrons. The number of rotatable bonds is 8. The molecule has 0 N–H and O–H groups in total. The summed E-state index contributed by atoms with van der Waals surface area (Å²) in [7, 11) is 0. The minimum atomic E-state index is -0.470. The van der Waals surface area contributed by atoms with E-state index >= 15 is 0 Å². The molecule has 0 radical (unpaired) electrons. The van der Waals surface area contributed by atoms with Crippen molar-refractivity contribution in [2.24, 2.45) is 0 Å². The lowest BCUT2D eigenvalue weighted by molar-refractivity contribution is 0.669. The van der Waals surface area contributed by atoms with Crippen LogP contribution in [0, 0.1) is 0 Å². The molecule has 0 spiro atoms. The normalized spacial score (nSPS) is 12.7. The smallest absolute Gasteiger partial charge is 0.135 e. The first-order valence-corrected chi connectivity index (χ1v) is 24.8. The SMILES string of the molecule is c1ccc(C2(c3ccccc3)c3ccccc3-c3cc(N(c4ccc(-c5cccc(-c6ccc7oc8ccccc8c7c6)c5)cc4)c4ccc(-c5ccc6sc7ccccc7c6c5)cc4)ccc32)cc1. The molecule has 2 aromatic heterocycles. The summed E-state index contributed by atoms with van der Waals surface area (Å²) in [5.41, 5.74) is 19.3. The monoisotopic (exact) mass is 909 g/mol. The Kier molecular flexibility index (Phi) is 9.33. The second-order valence-corrected chi connectivity index (χ2v) is 19.5. The Hall–Kier alpha value is -8.76. The number of hydrogen-bond acceptors (Lipinski definition) is 3. The molecule has 2 nitrogen and oxygen atoms in total. The summed E-state index contributed by atoms with van der Waals surface area (Å²) in [6.45, 7) is 0. The number of thiophene rings is 1. The topological polar surface area (TPSA) is 16.4 Å². The molecule has 3 heteroatoms. The minimum absolute atomic E-state index is 0.470. The number of benzene rings is 11. The number of fused-ring (bicyclic) bond motifs is 9. The maximum absolute atomic E-state index is 6.16. The van der Waals surface area contributed by atoms with Gasteiger partial charge >= 0.3 is 0 Å². The zero-order chi connectivity index (χ0) is 46.2. The van der Waals surface area contributed by atoms with Gasteiger partial charge in [-0.2, -0.15) is 0 Å². The number of hydrogen-bond donors (Lipinski definition) is 0. The molecule has 0 amide bonds. The molecule has 0 atom stereocenters. The van der Waals surface area contributed by atoms with Gasteiger partial charge in [-0.1, -0.05) is 182 Å². The quantitative estimate of drug-likeness (QED) is 0.151. The van der Waals surface area contributed by atoms with Crippen LogP contribution in [0.2, 0.25) is 0 Å². The molecule has 14 rings (SSSR count). The number of furan rings is 1. The molecule has 1 aliphatic carbocycles.